The number of halogens is 1. The molecule has 0 saturated carbocycles. The molecule has 1 aromatic heterocycles. The van der Waals surface area contributed by atoms with E-state index in [1.165, 1.54) is 6.26 Å². The van der Waals surface area contributed by atoms with Crippen molar-refractivity contribution in [2.24, 2.45) is 0 Å². The number of benzene rings is 2. The summed E-state index contributed by atoms with van der Waals surface area (Å²) in [5, 5.41) is 0.762. The molecule has 41 heavy (non-hydrogen) atoms. The first kappa shape index (κ1) is 29.0. The van der Waals surface area contributed by atoms with Crippen LogP contribution in [-0.2, 0) is 27.4 Å². The fourth-order valence-corrected chi connectivity index (χ4v) is 5.36. The lowest BCUT2D eigenvalue weighted by Crippen LogP contribution is -2.45. The van der Waals surface area contributed by atoms with E-state index in [0.29, 0.717) is 52.6 Å². The summed E-state index contributed by atoms with van der Waals surface area (Å²) < 4.78 is 22.5. The standard InChI is InChI=1S/C31H35ClN2O7/c1-2-3-4-7-29(35)34(17-24-6-5-12-38-24)18-30(36)33(15-21-8-10-27-28(13-21)41-20-40-27)16-22-19-39-26-11-9-23(32)14-25(26)31(22)37/h8-11,13-14,19,24H,2-7,12,15-18,20H2,1H3. The third-order valence-corrected chi connectivity index (χ3v) is 7.69. The molecular weight excluding hydrogens is 548 g/mol. The number of amides is 2. The number of ether oxygens (including phenoxy) is 3. The molecular formula is C31H35ClN2O7. The third-order valence-electron chi connectivity index (χ3n) is 7.45. The summed E-state index contributed by atoms with van der Waals surface area (Å²) in [5.74, 6) is 0.889. The number of fused-ring (bicyclic) bond motifs is 2. The van der Waals surface area contributed by atoms with E-state index >= 15 is 0 Å². The maximum Gasteiger partial charge on any atom is 0.242 e. The van der Waals surface area contributed by atoms with Gasteiger partial charge in [0.15, 0.2) is 16.9 Å². The van der Waals surface area contributed by atoms with Gasteiger partial charge in [-0.05, 0) is 55.2 Å². The van der Waals surface area contributed by atoms with E-state index in [1.54, 1.807) is 34.1 Å². The maximum absolute atomic E-state index is 13.9. The lowest BCUT2D eigenvalue weighted by molar-refractivity contribution is -0.142. The van der Waals surface area contributed by atoms with Gasteiger partial charge >= 0.3 is 0 Å². The minimum Gasteiger partial charge on any atom is -0.464 e. The van der Waals surface area contributed by atoms with Gasteiger partial charge in [-0.15, -0.1) is 0 Å². The van der Waals surface area contributed by atoms with Gasteiger partial charge in [0.2, 0.25) is 18.6 Å². The van der Waals surface area contributed by atoms with Crippen LogP contribution in [0.4, 0.5) is 0 Å². The largest absolute Gasteiger partial charge is 0.464 e. The molecule has 3 heterocycles. The average Bonchev–Trinajstić information content (AvgIpc) is 3.66. The van der Waals surface area contributed by atoms with E-state index in [9.17, 15) is 14.4 Å². The van der Waals surface area contributed by atoms with Crippen LogP contribution >= 0.6 is 11.6 Å². The number of hydrogen-bond donors (Lipinski definition) is 0. The van der Waals surface area contributed by atoms with Gasteiger partial charge in [0, 0.05) is 31.1 Å². The van der Waals surface area contributed by atoms with E-state index < -0.39 is 0 Å². The van der Waals surface area contributed by atoms with Crippen molar-refractivity contribution in [2.75, 3.05) is 26.5 Å². The molecule has 1 unspecified atom stereocenters. The highest BCUT2D eigenvalue weighted by Gasteiger charge is 2.27. The molecule has 2 aliphatic heterocycles. The number of rotatable bonds is 12. The fourth-order valence-electron chi connectivity index (χ4n) is 5.19. The van der Waals surface area contributed by atoms with Crippen LogP contribution in [-0.4, -0.2) is 54.2 Å². The zero-order valence-electron chi connectivity index (χ0n) is 23.2. The molecule has 1 saturated heterocycles. The summed E-state index contributed by atoms with van der Waals surface area (Å²) in [7, 11) is 0. The summed E-state index contributed by atoms with van der Waals surface area (Å²) in [6.45, 7) is 3.33. The molecule has 2 aromatic carbocycles. The molecule has 10 heteroatoms. The number of unbranched alkanes of at least 4 members (excludes halogenated alkanes) is 2. The highest BCUT2D eigenvalue weighted by Crippen LogP contribution is 2.33. The Hall–Kier alpha value is -3.56. The molecule has 0 bridgehead atoms. The van der Waals surface area contributed by atoms with Crippen molar-refractivity contribution < 1.29 is 28.2 Å². The minimum atomic E-state index is -0.282. The monoisotopic (exact) mass is 582 g/mol. The molecule has 0 N–H and O–H groups in total. The summed E-state index contributed by atoms with van der Waals surface area (Å²) >= 11 is 6.14. The van der Waals surface area contributed by atoms with Gasteiger partial charge in [-0.25, -0.2) is 0 Å². The Bertz CT molecular complexity index is 1450. The predicted octanol–water partition coefficient (Wildman–Crippen LogP) is 5.29. The molecule has 0 spiro atoms. The van der Waals surface area contributed by atoms with Gasteiger partial charge in [0.05, 0.1) is 36.4 Å². The number of carbonyl (C=O) groups is 2. The van der Waals surface area contributed by atoms with Crippen LogP contribution in [0, 0.1) is 0 Å². The van der Waals surface area contributed by atoms with E-state index in [0.717, 1.165) is 37.7 Å². The van der Waals surface area contributed by atoms with Crippen LogP contribution in [0.5, 0.6) is 11.5 Å². The van der Waals surface area contributed by atoms with Crippen LogP contribution in [0.2, 0.25) is 5.02 Å². The summed E-state index contributed by atoms with van der Waals surface area (Å²) in [5.41, 5.74) is 1.27. The first-order valence-electron chi connectivity index (χ1n) is 14.2. The molecule has 0 aliphatic carbocycles. The molecule has 1 atom stereocenters. The van der Waals surface area contributed by atoms with Crippen molar-refractivity contribution in [3.63, 3.8) is 0 Å². The molecule has 5 rings (SSSR count). The van der Waals surface area contributed by atoms with Crippen LogP contribution in [0.3, 0.4) is 0 Å². The summed E-state index contributed by atoms with van der Waals surface area (Å²) in [4.78, 5) is 43.7. The molecule has 1 fully saturated rings. The summed E-state index contributed by atoms with van der Waals surface area (Å²) in [6, 6.07) is 10.3. The van der Waals surface area contributed by atoms with Crippen LogP contribution in [0.15, 0.2) is 51.9 Å². The first-order chi connectivity index (χ1) is 19.9. The van der Waals surface area contributed by atoms with Crippen molar-refractivity contribution in [3.05, 3.63) is 69.0 Å². The van der Waals surface area contributed by atoms with Crippen molar-refractivity contribution >= 4 is 34.4 Å². The molecule has 0 radical (unpaired) electrons. The molecule has 2 aliphatic rings. The lowest BCUT2D eigenvalue weighted by Gasteiger charge is -2.29. The van der Waals surface area contributed by atoms with Gasteiger partial charge in [0.25, 0.3) is 0 Å². The van der Waals surface area contributed by atoms with Crippen molar-refractivity contribution in [3.8, 4) is 11.5 Å². The van der Waals surface area contributed by atoms with Crippen molar-refractivity contribution in [1.29, 1.82) is 0 Å². The Morgan fingerprint density at radius 3 is 2.66 bits per heavy atom. The topological polar surface area (TPSA) is 98.5 Å². The first-order valence-corrected chi connectivity index (χ1v) is 14.5. The molecule has 2 amide bonds. The highest BCUT2D eigenvalue weighted by atomic mass is 35.5. The van der Waals surface area contributed by atoms with Gasteiger partial charge in [-0.1, -0.05) is 37.4 Å². The van der Waals surface area contributed by atoms with Gasteiger partial charge in [-0.2, -0.15) is 0 Å². The van der Waals surface area contributed by atoms with Crippen molar-refractivity contribution in [2.45, 2.75) is 64.6 Å². The second-order valence-corrected chi connectivity index (χ2v) is 11.0. The maximum atomic E-state index is 13.9. The fraction of sp³-hybridized carbons (Fsp3) is 0.452. The second kappa shape index (κ2) is 13.4. The number of hydrogen-bond acceptors (Lipinski definition) is 7. The highest BCUT2D eigenvalue weighted by molar-refractivity contribution is 6.31. The average molecular weight is 583 g/mol. The smallest absolute Gasteiger partial charge is 0.242 e. The zero-order valence-corrected chi connectivity index (χ0v) is 24.0. The second-order valence-electron chi connectivity index (χ2n) is 10.5. The molecule has 3 aromatic rings. The van der Waals surface area contributed by atoms with Gasteiger partial charge in [-0.3, -0.25) is 14.4 Å². The van der Waals surface area contributed by atoms with Crippen LogP contribution in [0.25, 0.3) is 11.0 Å². The van der Waals surface area contributed by atoms with E-state index in [-0.39, 0.29) is 49.8 Å². The Kier molecular flexibility index (Phi) is 9.46. The molecule has 218 valence electrons. The van der Waals surface area contributed by atoms with E-state index in [4.69, 9.17) is 30.2 Å². The summed E-state index contributed by atoms with van der Waals surface area (Å²) in [6.07, 6.45) is 6.20. The molecule has 9 nitrogen and oxygen atoms in total. The van der Waals surface area contributed by atoms with Crippen LogP contribution < -0.4 is 14.9 Å². The Morgan fingerprint density at radius 2 is 1.85 bits per heavy atom. The zero-order chi connectivity index (χ0) is 28.8. The van der Waals surface area contributed by atoms with Crippen LogP contribution in [0.1, 0.15) is 56.6 Å². The quantitative estimate of drug-likeness (QED) is 0.268. The Labute approximate surface area is 243 Å². The minimum absolute atomic E-state index is 0.00411. The third kappa shape index (κ3) is 7.21. The number of nitrogens with zero attached hydrogens (tertiary/aromatic N) is 2. The predicted molar refractivity (Wildman–Crippen MR) is 154 cm³/mol. The van der Waals surface area contributed by atoms with Gasteiger partial charge in [0.1, 0.15) is 5.58 Å². The normalized spacial score (nSPS) is 15.8. The van der Waals surface area contributed by atoms with E-state index in [2.05, 4.69) is 6.92 Å². The van der Waals surface area contributed by atoms with E-state index in [1.807, 2.05) is 12.1 Å². The van der Waals surface area contributed by atoms with Crippen molar-refractivity contribution in [1.82, 2.24) is 9.80 Å². The lowest BCUT2D eigenvalue weighted by atomic mass is 10.1. The van der Waals surface area contributed by atoms with Gasteiger partial charge < -0.3 is 28.4 Å². The SMILES string of the molecule is CCCCCC(=O)N(CC(=O)N(Cc1ccc2c(c1)OCO2)Cc1coc2ccc(Cl)cc2c1=O)CC1CCCO1. The Morgan fingerprint density at radius 1 is 1.00 bits per heavy atom. The number of carbonyl (C=O) groups excluding carboxylic acids is 2. The Balaban J connectivity index is 1.41.